The highest BCUT2D eigenvalue weighted by Crippen LogP contribution is 2.31. The third-order valence-electron chi connectivity index (χ3n) is 4.05. The molecule has 1 aromatic heterocycles. The molecule has 1 aliphatic heterocycles. The molecule has 0 amide bonds. The van der Waals surface area contributed by atoms with Gasteiger partial charge in [-0.25, -0.2) is 0 Å². The minimum absolute atomic E-state index is 0.689. The highest BCUT2D eigenvalue weighted by molar-refractivity contribution is 5.83. The first-order chi connectivity index (χ1) is 8.79. The number of benzene rings is 1. The first kappa shape index (κ1) is 11.6. The summed E-state index contributed by atoms with van der Waals surface area (Å²) >= 11 is 0. The molecular formula is C15H20N2O. The van der Waals surface area contributed by atoms with E-state index in [-0.39, 0.29) is 0 Å². The van der Waals surface area contributed by atoms with E-state index in [1.807, 2.05) is 6.07 Å². The molecule has 2 aromatic rings. The molecule has 0 aliphatic carbocycles. The van der Waals surface area contributed by atoms with Gasteiger partial charge in [-0.1, -0.05) is 0 Å². The summed E-state index contributed by atoms with van der Waals surface area (Å²) < 4.78 is 7.64. The van der Waals surface area contributed by atoms with E-state index in [1.54, 1.807) is 7.11 Å². The maximum atomic E-state index is 5.31. The number of ether oxygens (including phenoxy) is 1. The Labute approximate surface area is 108 Å². The summed E-state index contributed by atoms with van der Waals surface area (Å²) in [4.78, 5) is 0. The second-order valence-electron chi connectivity index (χ2n) is 5.08. The fourth-order valence-electron chi connectivity index (χ4n) is 2.97. The van der Waals surface area contributed by atoms with Crippen molar-refractivity contribution in [1.82, 2.24) is 9.88 Å². The number of methoxy groups -OCH3 is 1. The fourth-order valence-corrected chi connectivity index (χ4v) is 2.97. The first-order valence-corrected chi connectivity index (χ1v) is 6.63. The van der Waals surface area contributed by atoms with Gasteiger partial charge in [-0.05, 0) is 44.1 Å². The molecule has 96 valence electrons. The molecule has 1 aliphatic rings. The molecule has 1 aromatic carbocycles. The number of nitrogens with one attached hydrogen (secondary N) is 1. The Bertz CT molecular complexity index is 553. The van der Waals surface area contributed by atoms with E-state index in [0.29, 0.717) is 5.92 Å². The van der Waals surface area contributed by atoms with Crippen molar-refractivity contribution < 1.29 is 4.74 Å². The van der Waals surface area contributed by atoms with Crippen LogP contribution in [0.2, 0.25) is 0 Å². The van der Waals surface area contributed by atoms with Gasteiger partial charge in [0.15, 0.2) is 0 Å². The van der Waals surface area contributed by atoms with Gasteiger partial charge in [-0.15, -0.1) is 0 Å². The van der Waals surface area contributed by atoms with Gasteiger partial charge in [0.25, 0.3) is 0 Å². The maximum Gasteiger partial charge on any atom is 0.120 e. The number of hydrogen-bond donors (Lipinski definition) is 1. The van der Waals surface area contributed by atoms with E-state index in [4.69, 9.17) is 4.74 Å². The van der Waals surface area contributed by atoms with Gasteiger partial charge in [0, 0.05) is 30.1 Å². The largest absolute Gasteiger partial charge is 0.497 e. The molecule has 0 saturated carbocycles. The molecule has 1 N–H and O–H groups in total. The Hall–Kier alpha value is -1.48. The van der Waals surface area contributed by atoms with E-state index >= 15 is 0 Å². The van der Waals surface area contributed by atoms with Crippen LogP contribution in [0.4, 0.5) is 0 Å². The lowest BCUT2D eigenvalue weighted by Crippen LogP contribution is -2.27. The average Bonchev–Trinajstić information content (AvgIpc) is 2.77. The summed E-state index contributed by atoms with van der Waals surface area (Å²) in [6.45, 7) is 2.27. The Kier molecular flexibility index (Phi) is 3.00. The summed E-state index contributed by atoms with van der Waals surface area (Å²) in [7, 11) is 3.89. The van der Waals surface area contributed by atoms with Gasteiger partial charge in [0.1, 0.15) is 5.75 Å². The van der Waals surface area contributed by atoms with Crippen LogP contribution in [-0.2, 0) is 7.05 Å². The topological polar surface area (TPSA) is 26.2 Å². The van der Waals surface area contributed by atoms with Crippen LogP contribution in [0.15, 0.2) is 24.3 Å². The van der Waals surface area contributed by atoms with E-state index in [0.717, 1.165) is 18.8 Å². The third-order valence-corrected chi connectivity index (χ3v) is 4.05. The number of rotatable bonds is 2. The molecule has 0 atom stereocenters. The monoisotopic (exact) mass is 244 g/mol. The van der Waals surface area contributed by atoms with Crippen molar-refractivity contribution in [2.24, 2.45) is 7.05 Å². The van der Waals surface area contributed by atoms with Crippen molar-refractivity contribution in [1.29, 1.82) is 0 Å². The second-order valence-corrected chi connectivity index (χ2v) is 5.08. The standard InChI is InChI=1S/C15H20N2O/c1-17-14(11-5-7-16-8-6-11)9-12-3-4-13(18-2)10-15(12)17/h3-4,9-11,16H,5-8H2,1-2H3. The predicted molar refractivity (Wildman–Crippen MR) is 74.3 cm³/mol. The molecule has 0 bridgehead atoms. The Morgan fingerprint density at radius 2 is 2.00 bits per heavy atom. The average molecular weight is 244 g/mol. The molecule has 3 nitrogen and oxygen atoms in total. The number of aromatic nitrogens is 1. The van der Waals surface area contributed by atoms with Crippen molar-refractivity contribution in [3.05, 3.63) is 30.0 Å². The van der Waals surface area contributed by atoms with Gasteiger partial charge in [-0.3, -0.25) is 0 Å². The molecule has 2 heterocycles. The van der Waals surface area contributed by atoms with Gasteiger partial charge in [0.05, 0.1) is 12.6 Å². The molecule has 18 heavy (non-hydrogen) atoms. The van der Waals surface area contributed by atoms with Crippen LogP contribution in [0.3, 0.4) is 0 Å². The summed E-state index contributed by atoms with van der Waals surface area (Å²) in [5.74, 6) is 1.62. The predicted octanol–water partition coefficient (Wildman–Crippen LogP) is 2.65. The summed E-state index contributed by atoms with van der Waals surface area (Å²) in [5.41, 5.74) is 2.72. The zero-order chi connectivity index (χ0) is 12.5. The van der Waals surface area contributed by atoms with Crippen LogP contribution in [0.25, 0.3) is 10.9 Å². The van der Waals surface area contributed by atoms with Gasteiger partial charge in [-0.2, -0.15) is 0 Å². The van der Waals surface area contributed by atoms with Crippen LogP contribution >= 0.6 is 0 Å². The lowest BCUT2D eigenvalue weighted by atomic mass is 9.94. The third kappa shape index (κ3) is 1.89. The number of fused-ring (bicyclic) bond motifs is 1. The van der Waals surface area contributed by atoms with Gasteiger partial charge in [0.2, 0.25) is 0 Å². The Morgan fingerprint density at radius 3 is 2.72 bits per heavy atom. The van der Waals surface area contributed by atoms with Crippen LogP contribution in [0.5, 0.6) is 5.75 Å². The summed E-state index contributed by atoms with van der Waals surface area (Å²) in [6, 6.07) is 8.65. The lowest BCUT2D eigenvalue weighted by molar-refractivity contribution is 0.415. The number of piperidine rings is 1. The molecular weight excluding hydrogens is 224 g/mol. The normalized spacial score (nSPS) is 17.2. The quantitative estimate of drug-likeness (QED) is 0.879. The highest BCUT2D eigenvalue weighted by atomic mass is 16.5. The van der Waals surface area contributed by atoms with Crippen molar-refractivity contribution in [2.45, 2.75) is 18.8 Å². The minimum atomic E-state index is 0.689. The SMILES string of the molecule is COc1ccc2cc(C3CCNCC3)n(C)c2c1. The number of aryl methyl sites for hydroxylation is 1. The van der Waals surface area contributed by atoms with E-state index in [2.05, 4.69) is 35.1 Å². The summed E-state index contributed by atoms with van der Waals surface area (Å²) in [6.07, 6.45) is 2.47. The van der Waals surface area contributed by atoms with E-state index in [1.165, 1.54) is 29.4 Å². The molecule has 0 spiro atoms. The van der Waals surface area contributed by atoms with E-state index in [9.17, 15) is 0 Å². The zero-order valence-electron chi connectivity index (χ0n) is 11.1. The smallest absolute Gasteiger partial charge is 0.120 e. The van der Waals surface area contributed by atoms with Crippen LogP contribution in [0.1, 0.15) is 24.5 Å². The van der Waals surface area contributed by atoms with Crippen molar-refractivity contribution in [3.8, 4) is 5.75 Å². The zero-order valence-corrected chi connectivity index (χ0v) is 11.1. The molecule has 3 heteroatoms. The first-order valence-electron chi connectivity index (χ1n) is 6.63. The van der Waals surface area contributed by atoms with Crippen LogP contribution < -0.4 is 10.1 Å². The highest BCUT2D eigenvalue weighted by Gasteiger charge is 2.19. The summed E-state index contributed by atoms with van der Waals surface area (Å²) in [5, 5.41) is 4.74. The number of hydrogen-bond acceptors (Lipinski definition) is 2. The molecule has 3 rings (SSSR count). The van der Waals surface area contributed by atoms with Crippen molar-refractivity contribution in [3.63, 3.8) is 0 Å². The van der Waals surface area contributed by atoms with Crippen molar-refractivity contribution >= 4 is 10.9 Å². The molecule has 0 radical (unpaired) electrons. The minimum Gasteiger partial charge on any atom is -0.497 e. The molecule has 0 unspecified atom stereocenters. The lowest BCUT2D eigenvalue weighted by Gasteiger charge is -2.23. The van der Waals surface area contributed by atoms with Gasteiger partial charge < -0.3 is 14.6 Å². The second kappa shape index (κ2) is 4.65. The van der Waals surface area contributed by atoms with Crippen molar-refractivity contribution in [2.75, 3.05) is 20.2 Å². The van der Waals surface area contributed by atoms with Crippen LogP contribution in [-0.4, -0.2) is 24.8 Å². The fraction of sp³-hybridized carbons (Fsp3) is 0.467. The molecule has 1 fully saturated rings. The Balaban J connectivity index is 2.04. The molecule has 1 saturated heterocycles. The number of nitrogens with zero attached hydrogens (tertiary/aromatic N) is 1. The van der Waals surface area contributed by atoms with Crippen LogP contribution in [0, 0.1) is 0 Å². The Morgan fingerprint density at radius 1 is 1.22 bits per heavy atom. The van der Waals surface area contributed by atoms with Gasteiger partial charge >= 0.3 is 0 Å². The maximum absolute atomic E-state index is 5.31. The van der Waals surface area contributed by atoms with E-state index < -0.39 is 0 Å².